The van der Waals surface area contributed by atoms with Crippen molar-refractivity contribution in [3.05, 3.63) is 34.9 Å². The molecule has 18 heavy (non-hydrogen) atoms. The first-order valence-corrected chi connectivity index (χ1v) is 8.20. The fourth-order valence-corrected chi connectivity index (χ4v) is 4.56. The molecule has 1 N–H and O–H groups in total. The molecule has 0 saturated carbocycles. The molecule has 1 heterocycles. The largest absolute Gasteiger partial charge is 0.313 e. The molecular formula is C14H21NO2S. The average molecular weight is 267 g/mol. The highest BCUT2D eigenvalue weighted by atomic mass is 32.2. The van der Waals surface area contributed by atoms with Crippen LogP contribution in [0.15, 0.2) is 18.2 Å². The third kappa shape index (κ3) is 2.75. The van der Waals surface area contributed by atoms with Crippen LogP contribution < -0.4 is 5.32 Å². The summed E-state index contributed by atoms with van der Waals surface area (Å²) in [6.07, 6.45) is 0.765. The molecule has 4 heteroatoms. The third-order valence-electron chi connectivity index (χ3n) is 3.94. The van der Waals surface area contributed by atoms with Gasteiger partial charge in [0.25, 0.3) is 0 Å². The first-order valence-electron chi connectivity index (χ1n) is 6.38. The van der Waals surface area contributed by atoms with E-state index in [1.807, 2.05) is 7.05 Å². The standard InChI is InChI=1S/C14H21NO2S/c1-10-4-5-12(8-11(10)2)14(15-3)13-6-7-18(16,17)9-13/h4-5,8,13-15H,6-7,9H2,1-3H3. The van der Waals surface area contributed by atoms with Crippen LogP contribution in [-0.4, -0.2) is 27.0 Å². The Bertz CT molecular complexity index is 537. The van der Waals surface area contributed by atoms with Crippen molar-refractivity contribution in [1.82, 2.24) is 5.32 Å². The van der Waals surface area contributed by atoms with Crippen molar-refractivity contribution in [2.45, 2.75) is 26.3 Å². The lowest BCUT2D eigenvalue weighted by Crippen LogP contribution is -2.26. The van der Waals surface area contributed by atoms with Crippen LogP contribution in [-0.2, 0) is 9.84 Å². The minimum atomic E-state index is -2.82. The second-order valence-electron chi connectivity index (χ2n) is 5.27. The van der Waals surface area contributed by atoms with E-state index in [0.717, 1.165) is 6.42 Å². The van der Waals surface area contributed by atoms with E-state index in [1.54, 1.807) is 0 Å². The molecule has 0 amide bonds. The summed E-state index contributed by atoms with van der Waals surface area (Å²) in [5.41, 5.74) is 3.73. The SMILES string of the molecule is CNC(c1ccc(C)c(C)c1)C1CCS(=O)(=O)C1. The maximum atomic E-state index is 11.6. The van der Waals surface area contributed by atoms with Crippen molar-refractivity contribution < 1.29 is 8.42 Å². The molecule has 2 atom stereocenters. The first-order chi connectivity index (χ1) is 8.43. The molecule has 1 saturated heterocycles. The Balaban J connectivity index is 2.26. The molecule has 100 valence electrons. The van der Waals surface area contributed by atoms with Gasteiger partial charge in [0.2, 0.25) is 0 Å². The van der Waals surface area contributed by atoms with E-state index in [4.69, 9.17) is 0 Å². The smallest absolute Gasteiger partial charge is 0.150 e. The van der Waals surface area contributed by atoms with Gasteiger partial charge in [-0.15, -0.1) is 0 Å². The fraction of sp³-hybridized carbons (Fsp3) is 0.571. The number of aryl methyl sites for hydroxylation is 2. The van der Waals surface area contributed by atoms with Crippen molar-refractivity contribution in [1.29, 1.82) is 0 Å². The van der Waals surface area contributed by atoms with Crippen molar-refractivity contribution >= 4 is 9.84 Å². The van der Waals surface area contributed by atoms with Crippen LogP contribution in [0, 0.1) is 19.8 Å². The van der Waals surface area contributed by atoms with E-state index in [2.05, 4.69) is 37.4 Å². The van der Waals surface area contributed by atoms with E-state index >= 15 is 0 Å². The highest BCUT2D eigenvalue weighted by molar-refractivity contribution is 7.91. The monoisotopic (exact) mass is 267 g/mol. The molecule has 2 rings (SSSR count). The van der Waals surface area contributed by atoms with Gasteiger partial charge >= 0.3 is 0 Å². The van der Waals surface area contributed by atoms with Crippen LogP contribution in [0.1, 0.15) is 29.2 Å². The summed E-state index contributed by atoms with van der Waals surface area (Å²) >= 11 is 0. The molecule has 2 unspecified atom stereocenters. The predicted molar refractivity (Wildman–Crippen MR) is 74.5 cm³/mol. The summed E-state index contributed by atoms with van der Waals surface area (Å²) in [6, 6.07) is 6.52. The summed E-state index contributed by atoms with van der Waals surface area (Å²) in [5.74, 6) is 0.841. The van der Waals surface area contributed by atoms with E-state index in [1.165, 1.54) is 16.7 Å². The van der Waals surface area contributed by atoms with Crippen LogP contribution >= 0.6 is 0 Å². The molecule has 0 spiro atoms. The van der Waals surface area contributed by atoms with Crippen LogP contribution in [0.2, 0.25) is 0 Å². The van der Waals surface area contributed by atoms with Gasteiger partial charge in [0.1, 0.15) is 0 Å². The number of nitrogens with one attached hydrogen (secondary N) is 1. The number of rotatable bonds is 3. The van der Waals surface area contributed by atoms with Gasteiger partial charge in [-0.25, -0.2) is 8.42 Å². The molecule has 1 aliphatic heterocycles. The maximum absolute atomic E-state index is 11.6. The quantitative estimate of drug-likeness (QED) is 0.911. The lowest BCUT2D eigenvalue weighted by molar-refractivity contribution is 0.418. The summed E-state index contributed by atoms with van der Waals surface area (Å²) < 4.78 is 23.2. The highest BCUT2D eigenvalue weighted by Gasteiger charge is 2.33. The normalized spacial score (nSPS) is 24.1. The summed E-state index contributed by atoms with van der Waals surface area (Å²) in [4.78, 5) is 0. The molecule has 1 aromatic carbocycles. The Morgan fingerprint density at radius 1 is 1.28 bits per heavy atom. The van der Waals surface area contributed by atoms with Crippen LogP contribution in [0.5, 0.6) is 0 Å². The number of hydrogen-bond acceptors (Lipinski definition) is 3. The maximum Gasteiger partial charge on any atom is 0.150 e. The third-order valence-corrected chi connectivity index (χ3v) is 5.73. The van der Waals surface area contributed by atoms with Gasteiger partial charge in [0.15, 0.2) is 9.84 Å². The average Bonchev–Trinajstić information content (AvgIpc) is 2.65. The lowest BCUT2D eigenvalue weighted by atomic mass is 9.91. The van der Waals surface area contributed by atoms with Gasteiger partial charge in [0.05, 0.1) is 11.5 Å². The molecule has 0 aromatic heterocycles. The summed E-state index contributed by atoms with van der Waals surface area (Å²) in [7, 11) is -0.909. The van der Waals surface area contributed by atoms with Gasteiger partial charge in [-0.1, -0.05) is 18.2 Å². The molecule has 1 fully saturated rings. The molecule has 1 aromatic rings. The van der Waals surface area contributed by atoms with E-state index in [0.29, 0.717) is 11.5 Å². The van der Waals surface area contributed by atoms with Crippen molar-refractivity contribution in [3.8, 4) is 0 Å². The van der Waals surface area contributed by atoms with Gasteiger partial charge in [-0.05, 0) is 49.9 Å². The number of sulfone groups is 1. The topological polar surface area (TPSA) is 46.2 Å². The Morgan fingerprint density at radius 2 is 2.00 bits per heavy atom. The van der Waals surface area contributed by atoms with Gasteiger partial charge in [0, 0.05) is 6.04 Å². The van der Waals surface area contributed by atoms with E-state index < -0.39 is 9.84 Å². The lowest BCUT2D eigenvalue weighted by Gasteiger charge is -2.23. The fourth-order valence-electron chi connectivity index (χ4n) is 2.72. The predicted octanol–water partition coefficient (Wildman–Crippen LogP) is 2.00. The second kappa shape index (κ2) is 5.02. The minimum absolute atomic E-state index is 0.140. The Labute approximate surface area is 110 Å². The van der Waals surface area contributed by atoms with Crippen molar-refractivity contribution in [2.75, 3.05) is 18.6 Å². The van der Waals surface area contributed by atoms with Crippen LogP contribution in [0.4, 0.5) is 0 Å². The van der Waals surface area contributed by atoms with Crippen molar-refractivity contribution in [2.24, 2.45) is 5.92 Å². The zero-order chi connectivity index (χ0) is 13.3. The molecule has 1 aliphatic rings. The number of benzene rings is 1. The van der Waals surface area contributed by atoms with Gasteiger partial charge in [-0.3, -0.25) is 0 Å². The zero-order valence-electron chi connectivity index (χ0n) is 11.2. The van der Waals surface area contributed by atoms with Crippen LogP contribution in [0.3, 0.4) is 0 Å². The molecule has 3 nitrogen and oxygen atoms in total. The van der Waals surface area contributed by atoms with Crippen LogP contribution in [0.25, 0.3) is 0 Å². The molecule has 0 aliphatic carbocycles. The van der Waals surface area contributed by atoms with E-state index in [-0.39, 0.29) is 12.0 Å². The summed E-state index contributed by atoms with van der Waals surface area (Å²) in [5, 5.41) is 3.28. The highest BCUT2D eigenvalue weighted by Crippen LogP contribution is 2.31. The second-order valence-corrected chi connectivity index (χ2v) is 7.50. The van der Waals surface area contributed by atoms with Gasteiger partial charge in [-0.2, -0.15) is 0 Å². The Kier molecular flexibility index (Phi) is 3.78. The van der Waals surface area contributed by atoms with E-state index in [9.17, 15) is 8.42 Å². The first kappa shape index (κ1) is 13.6. The Hall–Kier alpha value is -0.870. The Morgan fingerprint density at radius 3 is 2.50 bits per heavy atom. The van der Waals surface area contributed by atoms with Crippen molar-refractivity contribution in [3.63, 3.8) is 0 Å². The summed E-state index contributed by atoms with van der Waals surface area (Å²) in [6.45, 7) is 4.18. The number of hydrogen-bond donors (Lipinski definition) is 1. The zero-order valence-corrected chi connectivity index (χ0v) is 12.0. The molecule has 0 bridgehead atoms. The minimum Gasteiger partial charge on any atom is -0.313 e. The van der Waals surface area contributed by atoms with Gasteiger partial charge < -0.3 is 5.32 Å². The molecule has 0 radical (unpaired) electrons. The molecular weight excluding hydrogens is 246 g/mol.